The molecule has 2 unspecified atom stereocenters. The van der Waals surface area contributed by atoms with E-state index in [2.05, 4.69) is 10.5 Å². The number of ether oxygens (including phenoxy) is 2. The summed E-state index contributed by atoms with van der Waals surface area (Å²) in [5.41, 5.74) is 9.22. The first-order valence-corrected chi connectivity index (χ1v) is 8.39. The van der Waals surface area contributed by atoms with Gasteiger partial charge in [0.05, 0.1) is 19.0 Å². The van der Waals surface area contributed by atoms with Crippen molar-refractivity contribution >= 4 is 33.5 Å². The lowest BCUT2D eigenvalue weighted by Gasteiger charge is -2.11. The van der Waals surface area contributed by atoms with Gasteiger partial charge < -0.3 is 31.2 Å². The molecule has 0 heterocycles. The Labute approximate surface area is 124 Å². The Bertz CT molecular complexity index is 267. The number of hydrogen-bond acceptors (Lipinski definition) is 9. The van der Waals surface area contributed by atoms with Gasteiger partial charge in [0.2, 0.25) is 0 Å². The zero-order valence-corrected chi connectivity index (χ0v) is 12.7. The molecule has 0 amide bonds. The van der Waals surface area contributed by atoms with Gasteiger partial charge >= 0.3 is 11.9 Å². The monoisotopic (exact) mass is 329 g/mol. The largest absolute Gasteiger partial charge is 0.462 e. The van der Waals surface area contributed by atoms with Crippen LogP contribution in [0.25, 0.3) is 0 Å². The summed E-state index contributed by atoms with van der Waals surface area (Å²) in [6.45, 7) is -0.559. The maximum Gasteiger partial charge on any atom is 0.365 e. The third-order valence-corrected chi connectivity index (χ3v) is 4.42. The van der Waals surface area contributed by atoms with Crippen LogP contribution in [-0.2, 0) is 19.1 Å². The van der Waals surface area contributed by atoms with Crippen LogP contribution in [0.3, 0.4) is 0 Å². The van der Waals surface area contributed by atoms with Gasteiger partial charge in [0.25, 0.3) is 0 Å². The smallest absolute Gasteiger partial charge is 0.365 e. The SMILES string of the molecule is NC(CSSCC([NH3+])C(=O)OCCO)C(=O)OCCO. The Kier molecular flexibility index (Phi) is 11.9. The van der Waals surface area contributed by atoms with Gasteiger partial charge in [0.15, 0.2) is 6.04 Å². The van der Waals surface area contributed by atoms with Gasteiger partial charge in [-0.05, 0) is 0 Å². The quantitative estimate of drug-likeness (QED) is 0.182. The molecule has 0 bridgehead atoms. The molecule has 0 rings (SSSR count). The lowest BCUT2D eigenvalue weighted by atomic mass is 10.4. The fraction of sp³-hybridized carbons (Fsp3) is 0.800. The molecule has 0 spiro atoms. The summed E-state index contributed by atoms with van der Waals surface area (Å²) in [7, 11) is 2.67. The lowest BCUT2D eigenvalue weighted by molar-refractivity contribution is -0.401. The van der Waals surface area contributed by atoms with Crippen LogP contribution in [0, 0.1) is 0 Å². The number of aliphatic hydroxyl groups excluding tert-OH is 2. The van der Waals surface area contributed by atoms with Crippen LogP contribution >= 0.6 is 21.6 Å². The molecule has 8 nitrogen and oxygen atoms in total. The molecule has 0 aliphatic heterocycles. The van der Waals surface area contributed by atoms with Crippen molar-refractivity contribution in [1.29, 1.82) is 0 Å². The first-order valence-electron chi connectivity index (χ1n) is 5.91. The van der Waals surface area contributed by atoms with Crippen molar-refractivity contribution in [1.82, 2.24) is 0 Å². The Hall–Kier alpha value is -0.520. The Morgan fingerprint density at radius 3 is 2.10 bits per heavy atom. The van der Waals surface area contributed by atoms with Gasteiger partial charge in [-0.25, -0.2) is 4.79 Å². The van der Waals surface area contributed by atoms with E-state index in [0.29, 0.717) is 11.5 Å². The van der Waals surface area contributed by atoms with Gasteiger partial charge in [-0.2, -0.15) is 0 Å². The number of hydrogen-bond donors (Lipinski definition) is 4. The van der Waals surface area contributed by atoms with Crippen molar-refractivity contribution in [2.24, 2.45) is 5.73 Å². The van der Waals surface area contributed by atoms with Crippen molar-refractivity contribution in [3.05, 3.63) is 0 Å². The molecule has 118 valence electrons. The maximum atomic E-state index is 11.3. The van der Waals surface area contributed by atoms with Crippen molar-refractivity contribution in [2.45, 2.75) is 12.1 Å². The van der Waals surface area contributed by atoms with Crippen molar-refractivity contribution in [3.63, 3.8) is 0 Å². The average Bonchev–Trinajstić information content (AvgIpc) is 2.45. The van der Waals surface area contributed by atoms with Crippen molar-refractivity contribution < 1.29 is 35.0 Å². The van der Waals surface area contributed by atoms with E-state index in [0.717, 1.165) is 0 Å². The number of esters is 2. The molecule has 0 saturated carbocycles. The van der Waals surface area contributed by atoms with E-state index in [1.165, 1.54) is 21.6 Å². The minimum atomic E-state index is -0.774. The summed E-state index contributed by atoms with van der Waals surface area (Å²) in [5, 5.41) is 17.0. The van der Waals surface area contributed by atoms with E-state index >= 15 is 0 Å². The summed E-state index contributed by atoms with van der Waals surface area (Å²) in [6, 6.07) is -1.32. The van der Waals surface area contributed by atoms with E-state index in [9.17, 15) is 9.59 Å². The Balaban J connectivity index is 3.69. The number of carbonyl (C=O) groups is 2. The standard InChI is InChI=1S/C10H20N2O6S2/c11-7(9(15)17-3-1-13)5-19-20-6-8(12)10(16)18-4-2-14/h7-8,13-14H,1-6,11-12H2/p+1. The molecule has 0 radical (unpaired) electrons. The first-order chi connectivity index (χ1) is 9.52. The van der Waals surface area contributed by atoms with Gasteiger partial charge in [0.1, 0.15) is 19.3 Å². The van der Waals surface area contributed by atoms with Crippen LogP contribution in [0.2, 0.25) is 0 Å². The fourth-order valence-electron chi connectivity index (χ4n) is 0.905. The van der Waals surface area contributed by atoms with Gasteiger partial charge in [0, 0.05) is 5.75 Å². The zero-order valence-electron chi connectivity index (χ0n) is 11.0. The van der Waals surface area contributed by atoms with Crippen LogP contribution < -0.4 is 11.5 Å². The molecule has 0 aliphatic rings. The highest BCUT2D eigenvalue weighted by atomic mass is 33.1. The third kappa shape index (κ3) is 9.39. The fourth-order valence-corrected chi connectivity index (χ4v) is 3.19. The molecule has 7 N–H and O–H groups in total. The van der Waals surface area contributed by atoms with E-state index in [4.69, 9.17) is 20.7 Å². The topological polar surface area (TPSA) is 147 Å². The second-order valence-electron chi connectivity index (χ2n) is 3.65. The Morgan fingerprint density at radius 1 is 1.05 bits per heavy atom. The minimum absolute atomic E-state index is 0.0375. The molecular formula is C10H21N2O6S2+. The molecule has 0 fully saturated rings. The number of aliphatic hydroxyl groups is 2. The lowest BCUT2D eigenvalue weighted by Crippen LogP contribution is -2.66. The summed E-state index contributed by atoms with van der Waals surface area (Å²) in [6.07, 6.45) is 0. The van der Waals surface area contributed by atoms with Crippen LogP contribution in [0.4, 0.5) is 0 Å². The van der Waals surface area contributed by atoms with Crippen molar-refractivity contribution in [2.75, 3.05) is 37.9 Å². The van der Waals surface area contributed by atoms with Crippen LogP contribution in [0.15, 0.2) is 0 Å². The maximum absolute atomic E-state index is 11.3. The van der Waals surface area contributed by atoms with Gasteiger partial charge in [-0.1, -0.05) is 21.6 Å². The highest BCUT2D eigenvalue weighted by Gasteiger charge is 2.20. The normalized spacial score (nSPS) is 13.6. The zero-order chi connectivity index (χ0) is 15.4. The number of carbonyl (C=O) groups excluding carboxylic acids is 2. The minimum Gasteiger partial charge on any atom is -0.462 e. The van der Waals surface area contributed by atoms with E-state index in [-0.39, 0.29) is 26.4 Å². The molecule has 10 heteroatoms. The predicted molar refractivity (Wildman–Crippen MR) is 75.7 cm³/mol. The second-order valence-corrected chi connectivity index (χ2v) is 6.21. The summed E-state index contributed by atoms with van der Waals surface area (Å²) < 4.78 is 9.38. The molecule has 0 aromatic rings. The summed E-state index contributed by atoms with van der Waals surface area (Å²) in [5.74, 6) is -0.305. The molecule has 0 saturated heterocycles. The van der Waals surface area contributed by atoms with Gasteiger partial charge in [-0.3, -0.25) is 4.79 Å². The highest BCUT2D eigenvalue weighted by molar-refractivity contribution is 8.76. The van der Waals surface area contributed by atoms with Crippen LogP contribution in [-0.4, -0.2) is 72.2 Å². The Morgan fingerprint density at radius 2 is 1.55 bits per heavy atom. The molecule has 2 atom stereocenters. The summed E-state index contributed by atoms with van der Waals surface area (Å²) in [4.78, 5) is 22.6. The predicted octanol–water partition coefficient (Wildman–Crippen LogP) is -2.62. The molecule has 20 heavy (non-hydrogen) atoms. The van der Waals surface area contributed by atoms with E-state index in [1.807, 2.05) is 0 Å². The second kappa shape index (κ2) is 12.2. The first kappa shape index (κ1) is 19.5. The average molecular weight is 329 g/mol. The molecular weight excluding hydrogens is 308 g/mol. The van der Waals surface area contributed by atoms with Crippen molar-refractivity contribution in [3.8, 4) is 0 Å². The number of rotatable bonds is 11. The molecule has 0 aromatic carbocycles. The number of quaternary nitrogens is 1. The summed E-state index contributed by atoms with van der Waals surface area (Å²) >= 11 is 0. The van der Waals surface area contributed by atoms with Crippen LogP contribution in [0.1, 0.15) is 0 Å². The van der Waals surface area contributed by atoms with E-state index < -0.39 is 24.0 Å². The van der Waals surface area contributed by atoms with Crippen LogP contribution in [0.5, 0.6) is 0 Å². The molecule has 0 aliphatic carbocycles. The number of nitrogens with two attached hydrogens (primary N) is 1. The van der Waals surface area contributed by atoms with Gasteiger partial charge in [-0.15, -0.1) is 0 Å². The highest BCUT2D eigenvalue weighted by Crippen LogP contribution is 2.22. The molecule has 0 aromatic heterocycles. The van der Waals surface area contributed by atoms with E-state index in [1.54, 1.807) is 0 Å². The third-order valence-electron chi connectivity index (χ3n) is 1.91.